The third-order valence-electron chi connectivity index (χ3n) is 2.43. The molecule has 0 aliphatic heterocycles. The standard InChI is InChI=1S/C13H11ClN2O3/c1-16-12(17)6-5-11(15-16)13(18)19-8-9-3-2-4-10(14)7-9/h2-7H,8H2,1H3. The summed E-state index contributed by atoms with van der Waals surface area (Å²) in [6.07, 6.45) is 0. The van der Waals surface area contributed by atoms with E-state index in [1.54, 1.807) is 24.3 Å². The largest absolute Gasteiger partial charge is 0.456 e. The molecule has 5 nitrogen and oxygen atoms in total. The van der Waals surface area contributed by atoms with E-state index in [-0.39, 0.29) is 17.9 Å². The summed E-state index contributed by atoms with van der Waals surface area (Å²) in [5.74, 6) is -0.587. The number of halogens is 1. The fourth-order valence-electron chi connectivity index (χ4n) is 1.46. The summed E-state index contributed by atoms with van der Waals surface area (Å²) in [5, 5.41) is 4.38. The monoisotopic (exact) mass is 278 g/mol. The number of benzene rings is 1. The van der Waals surface area contributed by atoms with E-state index in [9.17, 15) is 9.59 Å². The Morgan fingerprint density at radius 2 is 2.16 bits per heavy atom. The van der Waals surface area contributed by atoms with Gasteiger partial charge in [0.25, 0.3) is 5.56 Å². The molecule has 0 amide bonds. The zero-order chi connectivity index (χ0) is 13.8. The molecule has 6 heteroatoms. The summed E-state index contributed by atoms with van der Waals surface area (Å²) in [6, 6.07) is 9.62. The Labute approximate surface area is 114 Å². The first kappa shape index (κ1) is 13.3. The van der Waals surface area contributed by atoms with Crippen LogP contribution in [0.1, 0.15) is 16.1 Å². The van der Waals surface area contributed by atoms with Crippen LogP contribution in [-0.4, -0.2) is 15.7 Å². The Morgan fingerprint density at radius 1 is 1.37 bits per heavy atom. The highest BCUT2D eigenvalue weighted by atomic mass is 35.5. The number of esters is 1. The number of hydrogen-bond acceptors (Lipinski definition) is 4. The van der Waals surface area contributed by atoms with Crippen LogP contribution < -0.4 is 5.56 Å². The van der Waals surface area contributed by atoms with Gasteiger partial charge in [-0.2, -0.15) is 5.10 Å². The van der Waals surface area contributed by atoms with E-state index in [0.29, 0.717) is 5.02 Å². The van der Waals surface area contributed by atoms with Crippen molar-refractivity contribution in [1.82, 2.24) is 9.78 Å². The predicted molar refractivity (Wildman–Crippen MR) is 70.0 cm³/mol. The molecule has 2 aromatic rings. The molecule has 0 saturated carbocycles. The number of hydrogen-bond donors (Lipinski definition) is 0. The molecule has 0 aliphatic rings. The molecule has 98 valence electrons. The molecule has 0 bridgehead atoms. The Kier molecular flexibility index (Phi) is 3.97. The summed E-state index contributed by atoms with van der Waals surface area (Å²) < 4.78 is 6.17. The van der Waals surface area contributed by atoms with Crippen molar-refractivity contribution in [2.24, 2.45) is 7.05 Å². The molecule has 1 aromatic carbocycles. The molecule has 0 unspecified atom stereocenters. The molecule has 0 spiro atoms. The number of rotatable bonds is 3. The van der Waals surface area contributed by atoms with Crippen LogP contribution in [0.2, 0.25) is 5.02 Å². The summed E-state index contributed by atoms with van der Waals surface area (Å²) in [5.41, 5.74) is 0.584. The van der Waals surface area contributed by atoms with Gasteiger partial charge in [-0.05, 0) is 23.8 Å². The molecule has 0 radical (unpaired) electrons. The quantitative estimate of drug-likeness (QED) is 0.803. The van der Waals surface area contributed by atoms with Gasteiger partial charge in [0, 0.05) is 18.1 Å². The van der Waals surface area contributed by atoms with Crippen LogP contribution >= 0.6 is 11.6 Å². The van der Waals surface area contributed by atoms with Gasteiger partial charge in [0.05, 0.1) is 0 Å². The number of carbonyl (C=O) groups excluding carboxylic acids is 1. The molecule has 0 saturated heterocycles. The Bertz CT molecular complexity index is 667. The lowest BCUT2D eigenvalue weighted by Crippen LogP contribution is -2.21. The first-order valence-corrected chi connectivity index (χ1v) is 5.90. The smallest absolute Gasteiger partial charge is 0.359 e. The van der Waals surface area contributed by atoms with Crippen molar-refractivity contribution in [1.29, 1.82) is 0 Å². The van der Waals surface area contributed by atoms with Crippen molar-refractivity contribution >= 4 is 17.6 Å². The average Bonchev–Trinajstić information content (AvgIpc) is 2.39. The molecule has 1 heterocycles. The number of aryl methyl sites for hydroxylation is 1. The van der Waals surface area contributed by atoms with Gasteiger partial charge in [0.15, 0.2) is 5.69 Å². The molecule has 19 heavy (non-hydrogen) atoms. The van der Waals surface area contributed by atoms with Crippen LogP contribution in [-0.2, 0) is 18.4 Å². The maximum absolute atomic E-state index is 11.7. The van der Waals surface area contributed by atoms with E-state index in [2.05, 4.69) is 5.10 Å². The van der Waals surface area contributed by atoms with E-state index < -0.39 is 5.97 Å². The van der Waals surface area contributed by atoms with Crippen molar-refractivity contribution in [3.63, 3.8) is 0 Å². The third kappa shape index (κ3) is 3.42. The predicted octanol–water partition coefficient (Wildman–Crippen LogP) is 1.79. The van der Waals surface area contributed by atoms with Gasteiger partial charge in [0.2, 0.25) is 0 Å². The molecule has 0 aliphatic carbocycles. The van der Waals surface area contributed by atoms with Gasteiger partial charge in [0.1, 0.15) is 6.61 Å². The van der Waals surface area contributed by atoms with Gasteiger partial charge in [-0.3, -0.25) is 4.79 Å². The molecule has 1 aromatic heterocycles. The molecule has 2 rings (SSSR count). The second-order valence-electron chi connectivity index (χ2n) is 3.89. The summed E-state index contributed by atoms with van der Waals surface area (Å²) in [7, 11) is 1.47. The SMILES string of the molecule is Cn1nc(C(=O)OCc2cccc(Cl)c2)ccc1=O. The van der Waals surface area contributed by atoms with E-state index >= 15 is 0 Å². The summed E-state index contributed by atoms with van der Waals surface area (Å²) >= 11 is 5.82. The normalized spacial score (nSPS) is 10.2. The summed E-state index contributed by atoms with van der Waals surface area (Å²) in [4.78, 5) is 22.9. The van der Waals surface area contributed by atoms with E-state index in [1.165, 1.54) is 19.2 Å². The van der Waals surface area contributed by atoms with Crippen molar-refractivity contribution in [3.8, 4) is 0 Å². The van der Waals surface area contributed by atoms with Crippen molar-refractivity contribution < 1.29 is 9.53 Å². The second kappa shape index (κ2) is 5.67. The lowest BCUT2D eigenvalue weighted by Gasteiger charge is -2.05. The average molecular weight is 279 g/mol. The highest BCUT2D eigenvalue weighted by Crippen LogP contribution is 2.11. The van der Waals surface area contributed by atoms with Crippen molar-refractivity contribution in [2.45, 2.75) is 6.61 Å². The topological polar surface area (TPSA) is 61.2 Å². The van der Waals surface area contributed by atoms with Gasteiger partial charge in [-0.25, -0.2) is 9.48 Å². The molecular formula is C13H11ClN2O3. The van der Waals surface area contributed by atoms with Crippen LogP contribution in [0.4, 0.5) is 0 Å². The number of nitrogens with zero attached hydrogens (tertiary/aromatic N) is 2. The molecule has 0 fully saturated rings. The van der Waals surface area contributed by atoms with Gasteiger partial charge < -0.3 is 4.74 Å². The number of ether oxygens (including phenoxy) is 1. The molecule has 0 N–H and O–H groups in total. The molecule has 0 atom stereocenters. The number of aromatic nitrogens is 2. The van der Waals surface area contributed by atoms with E-state index in [0.717, 1.165) is 10.2 Å². The van der Waals surface area contributed by atoms with Crippen LogP contribution in [0.25, 0.3) is 0 Å². The minimum Gasteiger partial charge on any atom is -0.456 e. The van der Waals surface area contributed by atoms with Crippen LogP contribution in [0, 0.1) is 0 Å². The molecular weight excluding hydrogens is 268 g/mol. The van der Waals surface area contributed by atoms with Crippen molar-refractivity contribution in [2.75, 3.05) is 0 Å². The number of carbonyl (C=O) groups is 1. The van der Waals surface area contributed by atoms with Crippen LogP contribution in [0.5, 0.6) is 0 Å². The fourth-order valence-corrected chi connectivity index (χ4v) is 1.67. The van der Waals surface area contributed by atoms with Crippen molar-refractivity contribution in [3.05, 3.63) is 63.0 Å². The minimum atomic E-state index is -0.587. The zero-order valence-corrected chi connectivity index (χ0v) is 10.9. The maximum atomic E-state index is 11.7. The lowest BCUT2D eigenvalue weighted by atomic mass is 10.2. The van der Waals surface area contributed by atoms with Crippen LogP contribution in [0.3, 0.4) is 0 Å². The fraction of sp³-hybridized carbons (Fsp3) is 0.154. The third-order valence-corrected chi connectivity index (χ3v) is 2.66. The van der Waals surface area contributed by atoms with Gasteiger partial charge >= 0.3 is 5.97 Å². The minimum absolute atomic E-state index is 0.0872. The Balaban J connectivity index is 2.05. The Morgan fingerprint density at radius 3 is 2.84 bits per heavy atom. The lowest BCUT2D eigenvalue weighted by molar-refractivity contribution is 0.0463. The summed E-state index contributed by atoms with van der Waals surface area (Å²) in [6.45, 7) is 0.101. The first-order valence-electron chi connectivity index (χ1n) is 5.52. The first-order chi connectivity index (χ1) is 9.06. The Hall–Kier alpha value is -2.14. The van der Waals surface area contributed by atoms with Gasteiger partial charge in [-0.1, -0.05) is 23.7 Å². The van der Waals surface area contributed by atoms with Gasteiger partial charge in [-0.15, -0.1) is 0 Å². The van der Waals surface area contributed by atoms with E-state index in [1.807, 2.05) is 0 Å². The highest BCUT2D eigenvalue weighted by Gasteiger charge is 2.10. The highest BCUT2D eigenvalue weighted by molar-refractivity contribution is 6.30. The second-order valence-corrected chi connectivity index (χ2v) is 4.32. The zero-order valence-electron chi connectivity index (χ0n) is 10.2. The van der Waals surface area contributed by atoms with Crippen LogP contribution in [0.15, 0.2) is 41.2 Å². The maximum Gasteiger partial charge on any atom is 0.359 e. The van der Waals surface area contributed by atoms with E-state index in [4.69, 9.17) is 16.3 Å².